The minimum atomic E-state index is -0.449. The molecule has 6 heteroatoms. The van der Waals surface area contributed by atoms with Crippen LogP contribution in [0.2, 0.25) is 0 Å². The summed E-state index contributed by atoms with van der Waals surface area (Å²) in [5, 5.41) is 5.26. The van der Waals surface area contributed by atoms with E-state index in [1.807, 2.05) is 6.07 Å². The van der Waals surface area contributed by atoms with Crippen molar-refractivity contribution in [3.8, 4) is 0 Å². The van der Waals surface area contributed by atoms with E-state index in [9.17, 15) is 14.4 Å². The molecule has 2 aromatic carbocycles. The number of halogens is 1. The van der Waals surface area contributed by atoms with Crippen LogP contribution in [0, 0.1) is 0 Å². The lowest BCUT2D eigenvalue weighted by molar-refractivity contribution is -0.123. The molecule has 2 rings (SSSR count). The fourth-order valence-corrected chi connectivity index (χ4v) is 2.31. The van der Waals surface area contributed by atoms with Crippen LogP contribution >= 0.6 is 15.9 Å². The van der Waals surface area contributed by atoms with Crippen molar-refractivity contribution in [2.45, 2.75) is 13.3 Å². The first kappa shape index (κ1) is 16.9. The van der Waals surface area contributed by atoms with Gasteiger partial charge in [-0.25, -0.2) is 0 Å². The normalized spacial score (nSPS) is 10.0. The molecule has 0 bridgehead atoms. The van der Waals surface area contributed by atoms with E-state index < -0.39 is 11.8 Å². The van der Waals surface area contributed by atoms with Gasteiger partial charge in [-0.1, -0.05) is 24.3 Å². The van der Waals surface area contributed by atoms with E-state index in [0.717, 1.165) is 4.47 Å². The topological polar surface area (TPSA) is 75.3 Å². The second-order valence-electron chi connectivity index (χ2n) is 4.89. The molecule has 0 aliphatic carbocycles. The van der Waals surface area contributed by atoms with Gasteiger partial charge in [-0.05, 0) is 47.1 Å². The van der Waals surface area contributed by atoms with Crippen LogP contribution in [-0.4, -0.2) is 17.6 Å². The average Bonchev–Trinajstić information content (AvgIpc) is 2.49. The molecule has 118 valence electrons. The number of benzene rings is 2. The summed E-state index contributed by atoms with van der Waals surface area (Å²) < 4.78 is 0.739. The maximum absolute atomic E-state index is 11.9. The van der Waals surface area contributed by atoms with Gasteiger partial charge in [-0.3, -0.25) is 14.4 Å². The third-order valence-corrected chi connectivity index (χ3v) is 3.71. The Morgan fingerprint density at radius 3 is 2.35 bits per heavy atom. The molecular formula is C17H15BrN2O3. The zero-order chi connectivity index (χ0) is 16.8. The molecule has 23 heavy (non-hydrogen) atoms. The van der Waals surface area contributed by atoms with E-state index in [-0.39, 0.29) is 12.2 Å². The summed E-state index contributed by atoms with van der Waals surface area (Å²) in [6.07, 6.45) is -0.314. The maximum atomic E-state index is 11.9. The van der Waals surface area contributed by atoms with Crippen LogP contribution in [0.15, 0.2) is 53.0 Å². The number of amides is 2. The first-order chi connectivity index (χ1) is 11.0. The quantitative estimate of drug-likeness (QED) is 0.619. The summed E-state index contributed by atoms with van der Waals surface area (Å²) in [5.41, 5.74) is 1.58. The fraction of sp³-hybridized carbons (Fsp3) is 0.118. The molecule has 0 heterocycles. The van der Waals surface area contributed by atoms with E-state index >= 15 is 0 Å². The van der Waals surface area contributed by atoms with E-state index in [2.05, 4.69) is 26.6 Å². The molecule has 0 unspecified atom stereocenters. The van der Waals surface area contributed by atoms with Crippen LogP contribution in [-0.2, 0) is 9.59 Å². The van der Waals surface area contributed by atoms with Crippen LogP contribution in [0.5, 0.6) is 0 Å². The largest absolute Gasteiger partial charge is 0.326 e. The van der Waals surface area contributed by atoms with Crippen LogP contribution in [0.1, 0.15) is 23.7 Å². The monoisotopic (exact) mass is 374 g/mol. The first-order valence-electron chi connectivity index (χ1n) is 6.91. The highest BCUT2D eigenvalue weighted by Crippen LogP contribution is 2.21. The lowest BCUT2D eigenvalue weighted by Gasteiger charge is -2.08. The number of carbonyl (C=O) groups is 3. The Labute approximate surface area is 142 Å². The fourth-order valence-electron chi connectivity index (χ4n) is 1.92. The number of para-hydroxylation sites is 1. The predicted molar refractivity (Wildman–Crippen MR) is 92.5 cm³/mol. The third kappa shape index (κ3) is 5.03. The van der Waals surface area contributed by atoms with E-state index in [0.29, 0.717) is 16.9 Å². The molecule has 0 radical (unpaired) electrons. The van der Waals surface area contributed by atoms with Crippen molar-refractivity contribution in [2.24, 2.45) is 0 Å². The van der Waals surface area contributed by atoms with Crippen molar-refractivity contribution in [3.05, 3.63) is 58.6 Å². The highest BCUT2D eigenvalue weighted by Gasteiger charge is 2.11. The molecule has 0 spiro atoms. The van der Waals surface area contributed by atoms with Gasteiger partial charge >= 0.3 is 0 Å². The Balaban J connectivity index is 1.94. The van der Waals surface area contributed by atoms with Gasteiger partial charge in [0.1, 0.15) is 6.42 Å². The number of ketones is 1. The third-order valence-electron chi connectivity index (χ3n) is 3.02. The number of Topliss-reactive ketones (excluding diaryl/α,β-unsaturated/α-hetero) is 1. The Morgan fingerprint density at radius 1 is 0.957 bits per heavy atom. The summed E-state index contributed by atoms with van der Waals surface area (Å²) in [6, 6.07) is 13.7. The van der Waals surface area contributed by atoms with Gasteiger partial charge in [0.25, 0.3) is 0 Å². The lowest BCUT2D eigenvalue weighted by atomic mass is 10.1. The van der Waals surface area contributed by atoms with E-state index in [4.69, 9.17) is 0 Å². The van der Waals surface area contributed by atoms with Crippen molar-refractivity contribution in [3.63, 3.8) is 0 Å². The van der Waals surface area contributed by atoms with Gasteiger partial charge in [-0.15, -0.1) is 0 Å². The lowest BCUT2D eigenvalue weighted by Crippen LogP contribution is -2.21. The molecule has 5 nitrogen and oxygen atoms in total. The molecule has 0 saturated heterocycles. The van der Waals surface area contributed by atoms with E-state index in [1.54, 1.807) is 42.5 Å². The van der Waals surface area contributed by atoms with Gasteiger partial charge in [0.05, 0.1) is 5.69 Å². The van der Waals surface area contributed by atoms with Gasteiger partial charge in [0.15, 0.2) is 5.78 Å². The van der Waals surface area contributed by atoms with Crippen molar-refractivity contribution in [2.75, 3.05) is 10.6 Å². The SMILES string of the molecule is CC(=O)c1cccc(NC(=O)CC(=O)Nc2ccccc2Br)c1. The zero-order valence-electron chi connectivity index (χ0n) is 12.4. The Morgan fingerprint density at radius 2 is 1.65 bits per heavy atom. The minimum absolute atomic E-state index is 0.0900. The predicted octanol–water partition coefficient (Wildman–Crippen LogP) is 3.62. The van der Waals surface area contributed by atoms with Crippen molar-refractivity contribution >= 4 is 44.9 Å². The van der Waals surface area contributed by atoms with Crippen LogP contribution in [0.4, 0.5) is 11.4 Å². The number of hydrogen-bond donors (Lipinski definition) is 2. The van der Waals surface area contributed by atoms with Crippen molar-refractivity contribution in [1.82, 2.24) is 0 Å². The van der Waals surface area contributed by atoms with Gasteiger partial charge in [0.2, 0.25) is 11.8 Å². The summed E-state index contributed by atoms with van der Waals surface area (Å²) in [6.45, 7) is 1.45. The van der Waals surface area contributed by atoms with Crippen molar-refractivity contribution in [1.29, 1.82) is 0 Å². The molecule has 2 N–H and O–H groups in total. The summed E-state index contributed by atoms with van der Waals surface area (Å²) in [5.74, 6) is -0.958. The smallest absolute Gasteiger partial charge is 0.233 e. The molecule has 0 aliphatic rings. The molecule has 0 atom stereocenters. The zero-order valence-corrected chi connectivity index (χ0v) is 14.0. The molecule has 0 fully saturated rings. The van der Waals surface area contributed by atoms with Crippen LogP contribution in [0.3, 0.4) is 0 Å². The van der Waals surface area contributed by atoms with Gasteiger partial charge in [-0.2, -0.15) is 0 Å². The summed E-state index contributed by atoms with van der Waals surface area (Å²) >= 11 is 3.32. The number of nitrogens with one attached hydrogen (secondary N) is 2. The number of hydrogen-bond acceptors (Lipinski definition) is 3. The van der Waals surface area contributed by atoms with Crippen LogP contribution in [0.25, 0.3) is 0 Å². The molecule has 2 amide bonds. The highest BCUT2D eigenvalue weighted by atomic mass is 79.9. The number of rotatable bonds is 5. The van der Waals surface area contributed by atoms with Gasteiger partial charge in [0, 0.05) is 15.7 Å². The summed E-state index contributed by atoms with van der Waals surface area (Å²) in [4.78, 5) is 35.1. The van der Waals surface area contributed by atoms with Gasteiger partial charge < -0.3 is 10.6 Å². The molecule has 2 aromatic rings. The highest BCUT2D eigenvalue weighted by molar-refractivity contribution is 9.10. The molecular weight excluding hydrogens is 360 g/mol. The van der Waals surface area contributed by atoms with E-state index in [1.165, 1.54) is 6.92 Å². The average molecular weight is 375 g/mol. The molecule has 0 aromatic heterocycles. The van der Waals surface area contributed by atoms with Crippen LogP contribution < -0.4 is 10.6 Å². The molecule has 0 saturated carbocycles. The number of carbonyl (C=O) groups excluding carboxylic acids is 3. The Kier molecular flexibility index (Phi) is 5.65. The Bertz CT molecular complexity index is 759. The summed E-state index contributed by atoms with van der Waals surface area (Å²) in [7, 11) is 0. The molecule has 0 aliphatic heterocycles. The Hall–Kier alpha value is -2.47. The number of anilines is 2. The maximum Gasteiger partial charge on any atom is 0.233 e. The first-order valence-corrected chi connectivity index (χ1v) is 7.70. The van der Waals surface area contributed by atoms with Crippen molar-refractivity contribution < 1.29 is 14.4 Å². The standard InChI is InChI=1S/C17H15BrN2O3/c1-11(21)12-5-4-6-13(9-12)19-16(22)10-17(23)20-15-8-3-2-7-14(15)18/h2-9H,10H2,1H3,(H,19,22)(H,20,23). The second kappa shape index (κ2) is 7.69. The second-order valence-corrected chi connectivity index (χ2v) is 5.74. The minimum Gasteiger partial charge on any atom is -0.326 e.